The molecule has 0 aromatic heterocycles. The van der Waals surface area contributed by atoms with Crippen LogP contribution in [0.25, 0.3) is 0 Å². The molecule has 202 valence electrons. The molecule has 0 amide bonds. The Hall–Kier alpha value is -2.28. The first kappa shape index (κ1) is 29.3. The van der Waals surface area contributed by atoms with E-state index in [1.165, 1.54) is 49.5 Å². The van der Waals surface area contributed by atoms with E-state index in [2.05, 4.69) is 72.9 Å². The normalized spacial score (nSPS) is 14.5. The summed E-state index contributed by atoms with van der Waals surface area (Å²) in [6, 6.07) is 20.0. The standard InChI is InChI=1S/C30H47N3O2Si2/c1-36(2,3)35-37(4,5)25-11-9-7-6-8-10-24-34-30-18-16-29(17-19-30)33-22-20-32(21-23-33)28-14-12-27(26-31)13-15-28/h12-19H,6-11,20-25H2,1-5H3. The molecule has 1 aliphatic heterocycles. The van der Waals surface area contributed by atoms with Crippen molar-refractivity contribution in [2.75, 3.05) is 42.6 Å². The van der Waals surface area contributed by atoms with E-state index in [1.807, 2.05) is 24.3 Å². The van der Waals surface area contributed by atoms with Crippen LogP contribution >= 0.6 is 0 Å². The van der Waals surface area contributed by atoms with Crippen LogP contribution in [0.1, 0.15) is 44.1 Å². The minimum Gasteiger partial charge on any atom is -0.494 e. The van der Waals surface area contributed by atoms with Gasteiger partial charge in [-0.2, -0.15) is 5.26 Å². The van der Waals surface area contributed by atoms with Gasteiger partial charge in [-0.1, -0.05) is 32.1 Å². The molecule has 37 heavy (non-hydrogen) atoms. The maximum absolute atomic E-state index is 8.99. The molecule has 1 fully saturated rings. The first-order valence-corrected chi connectivity index (χ1v) is 20.6. The van der Waals surface area contributed by atoms with Crippen LogP contribution in [-0.4, -0.2) is 49.4 Å². The Bertz CT molecular complexity index is 974. The summed E-state index contributed by atoms with van der Waals surface area (Å²) >= 11 is 0. The third-order valence-electron chi connectivity index (χ3n) is 6.87. The summed E-state index contributed by atoms with van der Waals surface area (Å²) in [5.41, 5.74) is 3.16. The summed E-state index contributed by atoms with van der Waals surface area (Å²) in [6.45, 7) is 16.4. The number of nitrogens with zero attached hydrogens (tertiary/aromatic N) is 3. The molecular formula is C30H47N3O2Si2. The molecule has 7 heteroatoms. The van der Waals surface area contributed by atoms with Crippen molar-refractivity contribution < 1.29 is 8.85 Å². The number of benzene rings is 2. The van der Waals surface area contributed by atoms with Crippen LogP contribution in [0.3, 0.4) is 0 Å². The van der Waals surface area contributed by atoms with Crippen LogP contribution < -0.4 is 14.5 Å². The van der Waals surface area contributed by atoms with Gasteiger partial charge in [-0.25, -0.2) is 0 Å². The minimum absolute atomic E-state index is 0.713. The van der Waals surface area contributed by atoms with Crippen LogP contribution in [0.2, 0.25) is 38.8 Å². The molecule has 5 nitrogen and oxygen atoms in total. The second-order valence-electron chi connectivity index (χ2n) is 11.8. The van der Waals surface area contributed by atoms with E-state index in [1.54, 1.807) is 0 Å². The van der Waals surface area contributed by atoms with Gasteiger partial charge in [-0.05, 0) is 93.7 Å². The fourth-order valence-corrected chi connectivity index (χ4v) is 13.3. The summed E-state index contributed by atoms with van der Waals surface area (Å²) in [7, 11) is -2.87. The molecule has 1 saturated heterocycles. The van der Waals surface area contributed by atoms with Gasteiger partial charge in [0, 0.05) is 37.6 Å². The average molecular weight is 538 g/mol. The lowest BCUT2D eigenvalue weighted by molar-refractivity contribution is 0.304. The zero-order chi connectivity index (χ0) is 26.7. The zero-order valence-corrected chi connectivity index (χ0v) is 25.8. The minimum atomic E-state index is -1.47. The lowest BCUT2D eigenvalue weighted by Crippen LogP contribution is -2.46. The van der Waals surface area contributed by atoms with Crippen molar-refractivity contribution in [1.82, 2.24) is 0 Å². The molecular weight excluding hydrogens is 491 g/mol. The third kappa shape index (κ3) is 10.5. The van der Waals surface area contributed by atoms with Crippen LogP contribution in [-0.2, 0) is 4.12 Å². The van der Waals surface area contributed by atoms with E-state index in [9.17, 15) is 0 Å². The van der Waals surface area contributed by atoms with E-state index >= 15 is 0 Å². The van der Waals surface area contributed by atoms with Crippen molar-refractivity contribution in [3.05, 3.63) is 54.1 Å². The van der Waals surface area contributed by atoms with Crippen LogP contribution in [0.15, 0.2) is 48.5 Å². The van der Waals surface area contributed by atoms with Crippen molar-refractivity contribution in [3.63, 3.8) is 0 Å². The van der Waals surface area contributed by atoms with Gasteiger partial charge in [-0.15, -0.1) is 0 Å². The van der Waals surface area contributed by atoms with Gasteiger partial charge >= 0.3 is 0 Å². The molecule has 0 spiro atoms. The first-order valence-electron chi connectivity index (χ1n) is 14.1. The summed E-state index contributed by atoms with van der Waals surface area (Å²) < 4.78 is 12.4. The SMILES string of the molecule is C[Si](C)(C)O[Si](C)(C)CCCCCCCCOc1ccc(N2CCN(c3ccc(C#N)cc3)CC2)cc1. The molecule has 3 rings (SSSR count). The van der Waals surface area contributed by atoms with Crippen molar-refractivity contribution in [2.45, 2.75) is 77.3 Å². The van der Waals surface area contributed by atoms with E-state index in [0.717, 1.165) is 45.0 Å². The molecule has 0 saturated carbocycles. The molecule has 0 atom stereocenters. The summed E-state index contributed by atoms with van der Waals surface area (Å²) in [5, 5.41) is 8.99. The van der Waals surface area contributed by atoms with Crippen molar-refractivity contribution >= 4 is 28.0 Å². The van der Waals surface area contributed by atoms with Gasteiger partial charge in [0.15, 0.2) is 16.6 Å². The van der Waals surface area contributed by atoms with Crippen LogP contribution in [0.4, 0.5) is 11.4 Å². The van der Waals surface area contributed by atoms with Gasteiger partial charge < -0.3 is 18.7 Å². The summed E-state index contributed by atoms with van der Waals surface area (Å²) in [4.78, 5) is 4.82. The second kappa shape index (κ2) is 14.0. The monoisotopic (exact) mass is 537 g/mol. The van der Waals surface area contributed by atoms with Gasteiger partial charge in [-0.3, -0.25) is 0 Å². The molecule has 2 aromatic carbocycles. The highest BCUT2D eigenvalue weighted by Gasteiger charge is 2.28. The fraction of sp³-hybridized carbons (Fsp3) is 0.567. The second-order valence-corrected chi connectivity index (χ2v) is 20.9. The number of anilines is 2. The third-order valence-corrected chi connectivity index (χ3v) is 13.1. The molecule has 1 aliphatic rings. The number of hydrogen-bond acceptors (Lipinski definition) is 5. The predicted molar refractivity (Wildman–Crippen MR) is 162 cm³/mol. The van der Waals surface area contributed by atoms with Crippen LogP contribution in [0, 0.1) is 11.3 Å². The lowest BCUT2D eigenvalue weighted by atomic mass is 10.1. The largest absolute Gasteiger partial charge is 0.494 e. The Kier molecular flexibility index (Phi) is 11.1. The molecule has 0 N–H and O–H groups in total. The smallest absolute Gasteiger partial charge is 0.173 e. The van der Waals surface area contributed by atoms with Gasteiger partial charge in [0.25, 0.3) is 0 Å². The summed E-state index contributed by atoms with van der Waals surface area (Å²) in [6.07, 6.45) is 7.64. The Morgan fingerprint density at radius 2 is 1.19 bits per heavy atom. The zero-order valence-electron chi connectivity index (χ0n) is 23.8. The maximum atomic E-state index is 8.99. The fourth-order valence-electron chi connectivity index (χ4n) is 5.15. The van der Waals surface area contributed by atoms with Gasteiger partial charge in [0.1, 0.15) is 5.75 Å². The van der Waals surface area contributed by atoms with E-state index < -0.39 is 16.6 Å². The van der Waals surface area contributed by atoms with Crippen molar-refractivity contribution in [2.24, 2.45) is 0 Å². The van der Waals surface area contributed by atoms with Crippen molar-refractivity contribution in [1.29, 1.82) is 5.26 Å². The first-order chi connectivity index (χ1) is 17.6. The topological polar surface area (TPSA) is 48.7 Å². The van der Waals surface area contributed by atoms with E-state index in [-0.39, 0.29) is 0 Å². The average Bonchev–Trinajstić information content (AvgIpc) is 2.87. The number of rotatable bonds is 14. The predicted octanol–water partition coefficient (Wildman–Crippen LogP) is 7.66. The Morgan fingerprint density at radius 1 is 0.703 bits per heavy atom. The van der Waals surface area contributed by atoms with E-state index in [4.69, 9.17) is 14.1 Å². The van der Waals surface area contributed by atoms with Crippen LogP contribution in [0.5, 0.6) is 5.75 Å². The highest BCUT2D eigenvalue weighted by molar-refractivity contribution is 6.84. The lowest BCUT2D eigenvalue weighted by Gasteiger charge is -2.37. The Labute approximate surface area is 227 Å². The Morgan fingerprint density at radius 3 is 1.70 bits per heavy atom. The Balaban J connectivity index is 1.26. The maximum Gasteiger partial charge on any atom is 0.173 e. The van der Waals surface area contributed by atoms with E-state index in [0.29, 0.717) is 5.56 Å². The molecule has 0 aliphatic carbocycles. The quantitative estimate of drug-likeness (QED) is 0.183. The molecule has 0 unspecified atom stereocenters. The summed E-state index contributed by atoms with van der Waals surface area (Å²) in [5.74, 6) is 0.967. The number of nitriles is 1. The van der Waals surface area contributed by atoms with Gasteiger partial charge in [0.2, 0.25) is 0 Å². The highest BCUT2D eigenvalue weighted by atomic mass is 28.4. The van der Waals surface area contributed by atoms with Crippen molar-refractivity contribution in [3.8, 4) is 11.8 Å². The number of piperazine rings is 1. The highest BCUT2D eigenvalue weighted by Crippen LogP contribution is 2.24. The molecule has 0 bridgehead atoms. The molecule has 0 radical (unpaired) electrons. The molecule has 1 heterocycles. The number of ether oxygens (including phenoxy) is 1. The molecule has 2 aromatic rings. The number of hydrogen-bond donors (Lipinski definition) is 0. The van der Waals surface area contributed by atoms with Gasteiger partial charge in [0.05, 0.1) is 18.2 Å². The number of unbranched alkanes of at least 4 members (excludes halogenated alkanes) is 5.